The summed E-state index contributed by atoms with van der Waals surface area (Å²) in [4.78, 5) is 34.1. The van der Waals surface area contributed by atoms with Crippen LogP contribution in [0.1, 0.15) is 13.8 Å². The molecule has 0 aromatic carbocycles. The van der Waals surface area contributed by atoms with Crippen molar-refractivity contribution in [3.63, 3.8) is 0 Å². The number of carbonyl (C=O) groups is 3. The topological polar surface area (TPSA) is 105 Å². The number of carbonyl (C=O) groups excluding carboxylic acids is 3. The lowest BCUT2D eigenvalue weighted by molar-refractivity contribution is -0.144. The Bertz CT molecular complexity index is 324. The molecule has 2 atom stereocenters. The van der Waals surface area contributed by atoms with Gasteiger partial charge in [-0.05, 0) is 6.92 Å². The van der Waals surface area contributed by atoms with E-state index >= 15 is 0 Å². The summed E-state index contributed by atoms with van der Waals surface area (Å²) < 4.78 is 4.49. The molecule has 2 amide bonds. The average molecular weight is 292 g/mol. The number of aliphatic hydroxyl groups is 1. The van der Waals surface area contributed by atoms with E-state index in [0.29, 0.717) is 11.5 Å². The van der Waals surface area contributed by atoms with Gasteiger partial charge in [0.2, 0.25) is 11.8 Å². The van der Waals surface area contributed by atoms with E-state index in [1.165, 1.54) is 32.7 Å². The predicted octanol–water partition coefficient (Wildman–Crippen LogP) is -1.11. The van der Waals surface area contributed by atoms with Crippen molar-refractivity contribution in [2.75, 3.05) is 25.2 Å². The van der Waals surface area contributed by atoms with Crippen LogP contribution in [0, 0.1) is 0 Å². The summed E-state index contributed by atoms with van der Waals surface area (Å²) in [6.07, 6.45) is 0. The number of hydrogen-bond acceptors (Lipinski definition) is 6. The summed E-state index contributed by atoms with van der Waals surface area (Å²) in [7, 11) is 1.23. The molecule has 0 radical (unpaired) electrons. The number of amides is 2. The normalized spacial score (nSPS) is 13.3. The highest BCUT2D eigenvalue weighted by Gasteiger charge is 2.23. The Morgan fingerprint density at radius 2 is 1.95 bits per heavy atom. The van der Waals surface area contributed by atoms with Gasteiger partial charge >= 0.3 is 5.97 Å². The van der Waals surface area contributed by atoms with Crippen molar-refractivity contribution in [1.29, 1.82) is 0 Å². The number of ether oxygens (including phenoxy) is 1. The fourth-order valence-corrected chi connectivity index (χ4v) is 2.01. The third-order valence-corrected chi connectivity index (χ3v) is 3.17. The maximum Gasteiger partial charge on any atom is 0.328 e. The second kappa shape index (κ2) is 9.62. The quantitative estimate of drug-likeness (QED) is 0.387. The van der Waals surface area contributed by atoms with Crippen LogP contribution in [0.5, 0.6) is 0 Å². The number of thioether (sulfide) groups is 1. The zero-order valence-electron chi connectivity index (χ0n) is 11.3. The minimum Gasteiger partial charge on any atom is -0.467 e. The molecule has 0 saturated carbocycles. The molecule has 0 aliphatic rings. The number of hydrogen-bond donors (Lipinski definition) is 3. The van der Waals surface area contributed by atoms with Gasteiger partial charge in [0.05, 0.1) is 13.7 Å². The van der Waals surface area contributed by atoms with Crippen molar-refractivity contribution < 1.29 is 24.2 Å². The molecule has 19 heavy (non-hydrogen) atoms. The van der Waals surface area contributed by atoms with Gasteiger partial charge in [0.25, 0.3) is 0 Å². The van der Waals surface area contributed by atoms with Gasteiger partial charge < -0.3 is 20.5 Å². The van der Waals surface area contributed by atoms with Crippen LogP contribution in [0.3, 0.4) is 0 Å². The Morgan fingerprint density at radius 1 is 1.32 bits per heavy atom. The molecule has 0 aliphatic heterocycles. The summed E-state index contributed by atoms with van der Waals surface area (Å²) in [6.45, 7) is 2.80. The van der Waals surface area contributed by atoms with Crippen LogP contribution in [-0.2, 0) is 19.1 Å². The van der Waals surface area contributed by atoms with E-state index in [-0.39, 0.29) is 12.5 Å². The minimum atomic E-state index is -0.781. The minimum absolute atomic E-state index is 0.00234. The second-order valence-corrected chi connectivity index (χ2v) is 4.95. The van der Waals surface area contributed by atoms with Gasteiger partial charge in [-0.2, -0.15) is 11.8 Å². The maximum absolute atomic E-state index is 11.9. The SMILES string of the molecule is COC(=O)[C@H](C)NC(=O)[C@H](CSCCO)NC(C)=O. The Balaban J connectivity index is 4.43. The Hall–Kier alpha value is -1.28. The summed E-state index contributed by atoms with van der Waals surface area (Å²) in [6, 6.07) is -1.53. The molecule has 110 valence electrons. The third kappa shape index (κ3) is 7.68. The van der Waals surface area contributed by atoms with Crippen molar-refractivity contribution >= 4 is 29.5 Å². The van der Waals surface area contributed by atoms with E-state index in [4.69, 9.17) is 5.11 Å². The van der Waals surface area contributed by atoms with Gasteiger partial charge in [-0.1, -0.05) is 0 Å². The number of methoxy groups -OCH3 is 1. The Labute approximate surface area is 116 Å². The molecule has 0 unspecified atom stereocenters. The molecule has 0 saturated heterocycles. The lowest BCUT2D eigenvalue weighted by atomic mass is 10.2. The first-order valence-corrected chi connectivity index (χ1v) is 6.91. The van der Waals surface area contributed by atoms with Crippen LogP contribution in [0.25, 0.3) is 0 Å². The highest BCUT2D eigenvalue weighted by atomic mass is 32.2. The van der Waals surface area contributed by atoms with Crippen LogP contribution >= 0.6 is 11.8 Å². The van der Waals surface area contributed by atoms with Gasteiger partial charge in [0.15, 0.2) is 0 Å². The fraction of sp³-hybridized carbons (Fsp3) is 0.727. The Kier molecular flexibility index (Phi) is 8.98. The van der Waals surface area contributed by atoms with Crippen LogP contribution in [-0.4, -0.2) is 60.2 Å². The smallest absolute Gasteiger partial charge is 0.328 e. The van der Waals surface area contributed by atoms with Crippen LogP contribution < -0.4 is 10.6 Å². The molecule has 3 N–H and O–H groups in total. The first-order chi connectivity index (χ1) is 8.92. The monoisotopic (exact) mass is 292 g/mol. The van der Waals surface area contributed by atoms with Crippen molar-refractivity contribution in [2.45, 2.75) is 25.9 Å². The molecule has 0 aliphatic carbocycles. The van der Waals surface area contributed by atoms with Gasteiger partial charge in [-0.25, -0.2) is 4.79 Å². The first-order valence-electron chi connectivity index (χ1n) is 5.76. The van der Waals surface area contributed by atoms with E-state index in [1.807, 2.05) is 0 Å². The van der Waals surface area contributed by atoms with E-state index in [0.717, 1.165) is 0 Å². The van der Waals surface area contributed by atoms with Gasteiger partial charge in [0, 0.05) is 18.4 Å². The van der Waals surface area contributed by atoms with Crippen molar-refractivity contribution in [3.8, 4) is 0 Å². The highest BCUT2D eigenvalue weighted by Crippen LogP contribution is 2.03. The number of nitrogens with one attached hydrogen (secondary N) is 2. The van der Waals surface area contributed by atoms with Gasteiger partial charge in [0.1, 0.15) is 12.1 Å². The molecule has 0 aromatic rings. The van der Waals surface area contributed by atoms with Gasteiger partial charge in [-0.15, -0.1) is 0 Å². The van der Waals surface area contributed by atoms with E-state index < -0.39 is 24.0 Å². The standard InChI is InChI=1S/C11H20N2O5S/c1-7(11(17)18-3)12-10(16)9(13-8(2)15)6-19-5-4-14/h7,9,14H,4-6H2,1-3H3,(H,12,16)(H,13,15)/t7-,9-/m0/s1. The Morgan fingerprint density at radius 3 is 2.42 bits per heavy atom. The fourth-order valence-electron chi connectivity index (χ4n) is 1.24. The molecular formula is C11H20N2O5S. The zero-order chi connectivity index (χ0) is 14.8. The third-order valence-electron chi connectivity index (χ3n) is 2.13. The highest BCUT2D eigenvalue weighted by molar-refractivity contribution is 7.99. The number of aliphatic hydroxyl groups excluding tert-OH is 1. The predicted molar refractivity (Wildman–Crippen MR) is 71.6 cm³/mol. The van der Waals surface area contributed by atoms with Crippen molar-refractivity contribution in [1.82, 2.24) is 10.6 Å². The van der Waals surface area contributed by atoms with E-state index in [1.54, 1.807) is 0 Å². The molecule has 0 heterocycles. The maximum atomic E-state index is 11.9. The van der Waals surface area contributed by atoms with Crippen molar-refractivity contribution in [3.05, 3.63) is 0 Å². The van der Waals surface area contributed by atoms with E-state index in [2.05, 4.69) is 15.4 Å². The van der Waals surface area contributed by atoms with Crippen LogP contribution in [0.15, 0.2) is 0 Å². The van der Waals surface area contributed by atoms with Crippen molar-refractivity contribution in [2.24, 2.45) is 0 Å². The van der Waals surface area contributed by atoms with Crippen LogP contribution in [0.4, 0.5) is 0 Å². The molecule has 0 bridgehead atoms. The summed E-state index contributed by atoms with van der Waals surface area (Å²) in [5.74, 6) is -0.567. The first kappa shape index (κ1) is 17.7. The average Bonchev–Trinajstić information content (AvgIpc) is 2.36. The van der Waals surface area contributed by atoms with Gasteiger partial charge in [-0.3, -0.25) is 9.59 Å². The molecule has 8 heteroatoms. The molecular weight excluding hydrogens is 272 g/mol. The lowest BCUT2D eigenvalue weighted by Crippen LogP contribution is -2.51. The molecule has 0 fully saturated rings. The lowest BCUT2D eigenvalue weighted by Gasteiger charge is -2.19. The summed E-state index contributed by atoms with van der Waals surface area (Å²) >= 11 is 1.33. The summed E-state index contributed by atoms with van der Waals surface area (Å²) in [5, 5.41) is 13.6. The second-order valence-electron chi connectivity index (χ2n) is 3.81. The molecule has 0 spiro atoms. The molecule has 7 nitrogen and oxygen atoms in total. The summed E-state index contributed by atoms with van der Waals surface area (Å²) in [5.41, 5.74) is 0. The van der Waals surface area contributed by atoms with Crippen LogP contribution in [0.2, 0.25) is 0 Å². The van der Waals surface area contributed by atoms with E-state index in [9.17, 15) is 14.4 Å². The molecule has 0 aromatic heterocycles. The number of rotatable bonds is 8. The largest absolute Gasteiger partial charge is 0.467 e. The zero-order valence-corrected chi connectivity index (χ0v) is 12.1. The number of esters is 1. The molecule has 0 rings (SSSR count).